The second kappa shape index (κ2) is 6.04. The minimum Gasteiger partial charge on any atom is -0.481 e. The SMILES string of the molecule is C[C@H](Oc1cc(-c2cc(C(C)(C)C)[nH]n2)ncc1C1CC1)C(F)(F)F. The van der Waals surface area contributed by atoms with Crippen molar-refractivity contribution in [1.82, 2.24) is 15.2 Å². The van der Waals surface area contributed by atoms with Gasteiger partial charge in [-0.3, -0.25) is 10.1 Å². The molecule has 25 heavy (non-hydrogen) atoms. The summed E-state index contributed by atoms with van der Waals surface area (Å²) in [5, 5.41) is 7.21. The zero-order chi connectivity index (χ0) is 18.4. The number of halogens is 3. The van der Waals surface area contributed by atoms with Crippen molar-refractivity contribution < 1.29 is 17.9 Å². The fourth-order valence-corrected chi connectivity index (χ4v) is 2.48. The summed E-state index contributed by atoms with van der Waals surface area (Å²) in [6.07, 6.45) is -2.75. The van der Waals surface area contributed by atoms with Crippen LogP contribution in [0.5, 0.6) is 5.75 Å². The topological polar surface area (TPSA) is 50.8 Å². The van der Waals surface area contributed by atoms with E-state index in [1.54, 1.807) is 12.3 Å². The summed E-state index contributed by atoms with van der Waals surface area (Å²) in [7, 11) is 0. The van der Waals surface area contributed by atoms with Crippen molar-refractivity contribution in [2.75, 3.05) is 0 Å². The molecule has 2 aromatic heterocycles. The molecule has 1 N–H and O–H groups in total. The van der Waals surface area contributed by atoms with Crippen LogP contribution in [0, 0.1) is 0 Å². The third kappa shape index (κ3) is 3.96. The zero-order valence-electron chi connectivity index (χ0n) is 14.7. The summed E-state index contributed by atoms with van der Waals surface area (Å²) in [4.78, 5) is 4.39. The smallest absolute Gasteiger partial charge is 0.425 e. The number of aromatic amines is 1. The number of rotatable bonds is 4. The third-order valence-corrected chi connectivity index (χ3v) is 4.33. The van der Waals surface area contributed by atoms with Crippen LogP contribution in [0.15, 0.2) is 18.3 Å². The van der Waals surface area contributed by atoms with E-state index in [0.29, 0.717) is 11.4 Å². The number of aromatic nitrogens is 3. The Hall–Kier alpha value is -2.05. The maximum absolute atomic E-state index is 12.9. The number of hydrogen-bond acceptors (Lipinski definition) is 3. The van der Waals surface area contributed by atoms with Crippen LogP contribution in [0.3, 0.4) is 0 Å². The van der Waals surface area contributed by atoms with Gasteiger partial charge < -0.3 is 4.74 Å². The quantitative estimate of drug-likeness (QED) is 0.844. The Morgan fingerprint density at radius 2 is 1.84 bits per heavy atom. The van der Waals surface area contributed by atoms with Gasteiger partial charge in [0.25, 0.3) is 0 Å². The molecule has 0 aliphatic heterocycles. The number of H-pyrrole nitrogens is 1. The van der Waals surface area contributed by atoms with Gasteiger partial charge in [0, 0.05) is 28.9 Å². The number of hydrogen-bond donors (Lipinski definition) is 1. The maximum Gasteiger partial charge on any atom is 0.425 e. The molecule has 1 aliphatic rings. The molecule has 0 amide bonds. The molecule has 2 heterocycles. The van der Waals surface area contributed by atoms with Crippen LogP contribution in [-0.4, -0.2) is 27.5 Å². The molecule has 0 saturated heterocycles. The van der Waals surface area contributed by atoms with Gasteiger partial charge in [-0.2, -0.15) is 18.3 Å². The number of pyridine rings is 1. The largest absolute Gasteiger partial charge is 0.481 e. The second-order valence-corrected chi connectivity index (χ2v) is 7.60. The van der Waals surface area contributed by atoms with Gasteiger partial charge in [0.15, 0.2) is 6.10 Å². The highest BCUT2D eigenvalue weighted by Gasteiger charge is 2.39. The number of alkyl halides is 3. The summed E-state index contributed by atoms with van der Waals surface area (Å²) >= 11 is 0. The minimum absolute atomic E-state index is 0.108. The first kappa shape index (κ1) is 17.8. The zero-order valence-corrected chi connectivity index (χ0v) is 14.7. The number of nitrogens with zero attached hydrogens (tertiary/aromatic N) is 2. The van der Waals surface area contributed by atoms with Gasteiger partial charge in [-0.25, -0.2) is 0 Å². The summed E-state index contributed by atoms with van der Waals surface area (Å²) in [6, 6.07) is 3.44. The van der Waals surface area contributed by atoms with Crippen molar-refractivity contribution in [3.63, 3.8) is 0 Å². The molecule has 0 bridgehead atoms. The molecule has 1 aliphatic carbocycles. The van der Waals surface area contributed by atoms with E-state index in [-0.39, 0.29) is 17.1 Å². The van der Waals surface area contributed by atoms with Crippen LogP contribution < -0.4 is 4.74 Å². The highest BCUT2D eigenvalue weighted by Crippen LogP contribution is 2.45. The normalized spacial score (nSPS) is 16.8. The molecule has 1 atom stereocenters. The van der Waals surface area contributed by atoms with Crippen LogP contribution in [0.25, 0.3) is 11.4 Å². The van der Waals surface area contributed by atoms with Crippen LogP contribution in [0.4, 0.5) is 13.2 Å². The molecule has 0 radical (unpaired) electrons. The van der Waals surface area contributed by atoms with Crippen molar-refractivity contribution in [3.8, 4) is 17.1 Å². The van der Waals surface area contributed by atoms with Crippen molar-refractivity contribution >= 4 is 0 Å². The summed E-state index contributed by atoms with van der Waals surface area (Å²) < 4.78 is 43.9. The van der Waals surface area contributed by atoms with Crippen molar-refractivity contribution in [2.45, 2.75) is 64.1 Å². The number of nitrogens with one attached hydrogen (secondary N) is 1. The first-order valence-electron chi connectivity index (χ1n) is 8.35. The van der Waals surface area contributed by atoms with Gasteiger partial charge in [-0.05, 0) is 31.7 Å². The van der Waals surface area contributed by atoms with Gasteiger partial charge in [0.05, 0.1) is 5.69 Å². The Balaban J connectivity index is 1.94. The van der Waals surface area contributed by atoms with Crippen LogP contribution in [-0.2, 0) is 5.41 Å². The lowest BCUT2D eigenvalue weighted by Crippen LogP contribution is -2.31. The Morgan fingerprint density at radius 3 is 2.36 bits per heavy atom. The monoisotopic (exact) mass is 353 g/mol. The first-order chi connectivity index (χ1) is 11.6. The van der Waals surface area contributed by atoms with Crippen LogP contribution in [0.1, 0.15) is 57.7 Å². The van der Waals surface area contributed by atoms with E-state index in [1.807, 2.05) is 26.8 Å². The van der Waals surface area contributed by atoms with Gasteiger partial charge in [0.1, 0.15) is 11.4 Å². The predicted octanol–water partition coefficient (Wildman–Crippen LogP) is 4.98. The van der Waals surface area contributed by atoms with E-state index >= 15 is 0 Å². The summed E-state index contributed by atoms with van der Waals surface area (Å²) in [5.74, 6) is 0.485. The summed E-state index contributed by atoms with van der Waals surface area (Å²) in [5.41, 5.74) is 2.66. The van der Waals surface area contributed by atoms with Crippen molar-refractivity contribution in [2.24, 2.45) is 0 Å². The second-order valence-electron chi connectivity index (χ2n) is 7.60. The van der Waals surface area contributed by atoms with Crippen LogP contribution in [0.2, 0.25) is 0 Å². The molecule has 7 heteroatoms. The predicted molar refractivity (Wildman–Crippen MR) is 88.6 cm³/mol. The first-order valence-corrected chi connectivity index (χ1v) is 8.35. The molecule has 4 nitrogen and oxygen atoms in total. The highest BCUT2D eigenvalue weighted by molar-refractivity contribution is 5.58. The molecule has 136 valence electrons. The number of ether oxygens (including phenoxy) is 1. The van der Waals surface area contributed by atoms with Gasteiger partial charge >= 0.3 is 6.18 Å². The Kier molecular flexibility index (Phi) is 4.29. The average molecular weight is 353 g/mol. The average Bonchev–Trinajstić information content (AvgIpc) is 3.20. The lowest BCUT2D eigenvalue weighted by molar-refractivity contribution is -0.189. The van der Waals surface area contributed by atoms with E-state index in [9.17, 15) is 13.2 Å². The van der Waals surface area contributed by atoms with E-state index in [0.717, 1.165) is 31.0 Å². The van der Waals surface area contributed by atoms with E-state index in [1.165, 1.54) is 0 Å². The lowest BCUT2D eigenvalue weighted by Gasteiger charge is -2.20. The standard InChI is InChI=1S/C18H22F3N3O/c1-10(18(19,20)21)25-15-7-13(22-9-12(15)11-5-6-11)14-8-16(24-23-14)17(2,3)4/h7-11H,5-6H2,1-4H3,(H,23,24)/t10-/m0/s1. The molecule has 1 saturated carbocycles. The Bertz CT molecular complexity index is 758. The molecular formula is C18H22F3N3O. The molecule has 3 rings (SSSR count). The van der Waals surface area contributed by atoms with Crippen molar-refractivity contribution in [3.05, 3.63) is 29.6 Å². The van der Waals surface area contributed by atoms with Crippen LogP contribution >= 0.6 is 0 Å². The summed E-state index contributed by atoms with van der Waals surface area (Å²) in [6.45, 7) is 7.16. The van der Waals surface area contributed by atoms with E-state index < -0.39 is 12.3 Å². The van der Waals surface area contributed by atoms with Gasteiger partial charge in [-0.1, -0.05) is 20.8 Å². The van der Waals surface area contributed by atoms with E-state index in [4.69, 9.17) is 4.74 Å². The fraction of sp³-hybridized carbons (Fsp3) is 0.556. The molecule has 0 spiro atoms. The molecule has 0 unspecified atom stereocenters. The highest BCUT2D eigenvalue weighted by atomic mass is 19.4. The Morgan fingerprint density at radius 1 is 1.16 bits per heavy atom. The fourth-order valence-electron chi connectivity index (χ4n) is 2.48. The minimum atomic E-state index is -4.41. The third-order valence-electron chi connectivity index (χ3n) is 4.33. The molecular weight excluding hydrogens is 331 g/mol. The Labute approximate surface area is 144 Å². The maximum atomic E-state index is 12.9. The molecule has 0 aromatic carbocycles. The lowest BCUT2D eigenvalue weighted by atomic mass is 9.92. The van der Waals surface area contributed by atoms with Gasteiger partial charge in [-0.15, -0.1) is 0 Å². The van der Waals surface area contributed by atoms with E-state index in [2.05, 4.69) is 15.2 Å². The van der Waals surface area contributed by atoms with Crippen molar-refractivity contribution in [1.29, 1.82) is 0 Å². The van der Waals surface area contributed by atoms with Gasteiger partial charge in [0.2, 0.25) is 0 Å². The molecule has 2 aromatic rings. The molecule has 1 fully saturated rings.